The molecule has 3 rings (SSSR count). The fourth-order valence-corrected chi connectivity index (χ4v) is 4.13. The number of aryl methyl sites for hydroxylation is 1. The van der Waals surface area contributed by atoms with Gasteiger partial charge in [-0.25, -0.2) is 0 Å². The molecule has 0 amide bonds. The summed E-state index contributed by atoms with van der Waals surface area (Å²) in [5.41, 5.74) is 3.52. The Hall–Kier alpha value is -0.820. The number of benzene rings is 1. The Kier molecular flexibility index (Phi) is 3.19. The van der Waals surface area contributed by atoms with Crippen LogP contribution in [0, 0.1) is 5.41 Å². The van der Waals surface area contributed by atoms with E-state index < -0.39 is 0 Å². The van der Waals surface area contributed by atoms with Gasteiger partial charge in [0.25, 0.3) is 0 Å². The number of aliphatic hydroxyl groups excluding tert-OH is 1. The fourth-order valence-electron chi connectivity index (χ4n) is 4.13. The summed E-state index contributed by atoms with van der Waals surface area (Å²) >= 11 is 0. The van der Waals surface area contributed by atoms with Crippen LogP contribution in [0.3, 0.4) is 0 Å². The van der Waals surface area contributed by atoms with E-state index in [1.165, 1.54) is 32.1 Å². The van der Waals surface area contributed by atoms with Crippen molar-refractivity contribution >= 4 is 0 Å². The van der Waals surface area contributed by atoms with Gasteiger partial charge in [-0.2, -0.15) is 0 Å². The standard InChI is InChI=1S/C17H24O/c1-17(10-9-15(18)12-17)11-14-7-4-6-13-5-2-3-8-16(13)14/h2-3,5,8,14-15,18H,4,6-7,9-12H2,1H3. The zero-order valence-electron chi connectivity index (χ0n) is 11.4. The van der Waals surface area contributed by atoms with Crippen molar-refractivity contribution in [1.82, 2.24) is 0 Å². The molecule has 1 N–H and O–H groups in total. The average molecular weight is 244 g/mol. The van der Waals surface area contributed by atoms with E-state index >= 15 is 0 Å². The monoisotopic (exact) mass is 244 g/mol. The van der Waals surface area contributed by atoms with E-state index in [2.05, 4.69) is 31.2 Å². The molecule has 1 fully saturated rings. The lowest BCUT2D eigenvalue weighted by atomic mass is 9.72. The number of fused-ring (bicyclic) bond motifs is 1. The molecule has 98 valence electrons. The summed E-state index contributed by atoms with van der Waals surface area (Å²) in [4.78, 5) is 0. The van der Waals surface area contributed by atoms with Crippen molar-refractivity contribution in [3.05, 3.63) is 35.4 Å². The summed E-state index contributed by atoms with van der Waals surface area (Å²) in [5.74, 6) is 0.727. The van der Waals surface area contributed by atoms with Gasteiger partial charge in [0.2, 0.25) is 0 Å². The lowest BCUT2D eigenvalue weighted by molar-refractivity contribution is 0.156. The van der Waals surface area contributed by atoms with Crippen LogP contribution in [0.5, 0.6) is 0 Å². The van der Waals surface area contributed by atoms with E-state index in [1.807, 2.05) is 0 Å². The summed E-state index contributed by atoms with van der Waals surface area (Å²) in [5, 5.41) is 9.79. The average Bonchev–Trinajstić information content (AvgIpc) is 2.70. The summed E-state index contributed by atoms with van der Waals surface area (Å²) in [6.45, 7) is 2.38. The Morgan fingerprint density at radius 1 is 1.28 bits per heavy atom. The predicted molar refractivity (Wildman–Crippen MR) is 74.7 cm³/mol. The Bertz CT molecular complexity index is 425. The van der Waals surface area contributed by atoms with Crippen LogP contribution in [-0.4, -0.2) is 11.2 Å². The van der Waals surface area contributed by atoms with Gasteiger partial charge in [-0.15, -0.1) is 0 Å². The molecule has 0 spiro atoms. The van der Waals surface area contributed by atoms with Gasteiger partial charge in [0.1, 0.15) is 0 Å². The molecule has 3 unspecified atom stereocenters. The highest BCUT2D eigenvalue weighted by atomic mass is 16.3. The molecule has 1 heteroatoms. The van der Waals surface area contributed by atoms with Crippen molar-refractivity contribution in [3.63, 3.8) is 0 Å². The Morgan fingerprint density at radius 2 is 2.11 bits per heavy atom. The molecular weight excluding hydrogens is 220 g/mol. The van der Waals surface area contributed by atoms with Gasteiger partial charge in [-0.3, -0.25) is 0 Å². The first kappa shape index (κ1) is 12.2. The molecule has 1 aromatic rings. The van der Waals surface area contributed by atoms with Gasteiger partial charge in [0.05, 0.1) is 6.10 Å². The molecule has 0 bridgehead atoms. The van der Waals surface area contributed by atoms with Crippen molar-refractivity contribution < 1.29 is 5.11 Å². The normalized spacial score (nSPS) is 35.4. The number of rotatable bonds is 2. The van der Waals surface area contributed by atoms with Gasteiger partial charge >= 0.3 is 0 Å². The van der Waals surface area contributed by atoms with Crippen LogP contribution in [0.1, 0.15) is 62.5 Å². The second-order valence-electron chi connectivity index (χ2n) is 6.70. The molecule has 0 saturated heterocycles. The van der Waals surface area contributed by atoms with Gasteiger partial charge in [0.15, 0.2) is 0 Å². The second kappa shape index (κ2) is 4.70. The maximum atomic E-state index is 9.79. The fraction of sp³-hybridized carbons (Fsp3) is 0.647. The van der Waals surface area contributed by atoms with Crippen LogP contribution in [0.15, 0.2) is 24.3 Å². The number of aliphatic hydroxyl groups is 1. The van der Waals surface area contributed by atoms with E-state index in [-0.39, 0.29) is 6.10 Å². The largest absolute Gasteiger partial charge is 0.393 e. The highest BCUT2D eigenvalue weighted by Crippen LogP contribution is 2.47. The topological polar surface area (TPSA) is 20.2 Å². The third kappa shape index (κ3) is 2.33. The third-order valence-corrected chi connectivity index (χ3v) is 5.04. The van der Waals surface area contributed by atoms with Crippen molar-refractivity contribution in [3.8, 4) is 0 Å². The Morgan fingerprint density at radius 3 is 2.89 bits per heavy atom. The minimum Gasteiger partial charge on any atom is -0.393 e. The van der Waals surface area contributed by atoms with E-state index in [4.69, 9.17) is 0 Å². The maximum Gasteiger partial charge on any atom is 0.0545 e. The molecule has 0 aliphatic heterocycles. The number of hydrogen-bond donors (Lipinski definition) is 1. The molecule has 0 radical (unpaired) electrons. The van der Waals surface area contributed by atoms with E-state index in [9.17, 15) is 5.11 Å². The smallest absolute Gasteiger partial charge is 0.0545 e. The lowest BCUT2D eigenvalue weighted by Crippen LogP contribution is -2.20. The molecule has 1 nitrogen and oxygen atoms in total. The third-order valence-electron chi connectivity index (χ3n) is 5.04. The molecule has 1 saturated carbocycles. The van der Waals surface area contributed by atoms with Crippen molar-refractivity contribution in [1.29, 1.82) is 0 Å². The van der Waals surface area contributed by atoms with Crippen LogP contribution in [-0.2, 0) is 6.42 Å². The first-order chi connectivity index (χ1) is 8.66. The summed E-state index contributed by atoms with van der Waals surface area (Å²) in [6, 6.07) is 8.98. The van der Waals surface area contributed by atoms with Crippen molar-refractivity contribution in [2.24, 2.45) is 5.41 Å². The molecule has 2 aliphatic carbocycles. The van der Waals surface area contributed by atoms with Gasteiger partial charge in [0, 0.05) is 0 Å². The molecule has 3 atom stereocenters. The zero-order valence-corrected chi connectivity index (χ0v) is 11.4. The quantitative estimate of drug-likeness (QED) is 0.832. The lowest BCUT2D eigenvalue weighted by Gasteiger charge is -2.33. The van der Waals surface area contributed by atoms with E-state index in [0.717, 1.165) is 18.8 Å². The summed E-state index contributed by atoms with van der Waals surface area (Å²) in [6.07, 6.45) is 8.35. The minimum absolute atomic E-state index is 0.0474. The van der Waals surface area contributed by atoms with Crippen LogP contribution < -0.4 is 0 Å². The highest BCUT2D eigenvalue weighted by Gasteiger charge is 2.37. The van der Waals surface area contributed by atoms with Gasteiger partial charge in [-0.1, -0.05) is 31.2 Å². The number of hydrogen-bond acceptors (Lipinski definition) is 1. The molecule has 1 aromatic carbocycles. The first-order valence-corrected chi connectivity index (χ1v) is 7.42. The summed E-state index contributed by atoms with van der Waals surface area (Å²) < 4.78 is 0. The van der Waals surface area contributed by atoms with Gasteiger partial charge in [-0.05, 0) is 67.4 Å². The van der Waals surface area contributed by atoms with Crippen molar-refractivity contribution in [2.75, 3.05) is 0 Å². The minimum atomic E-state index is -0.0474. The van der Waals surface area contributed by atoms with Crippen LogP contribution in [0.25, 0.3) is 0 Å². The Balaban J connectivity index is 1.78. The van der Waals surface area contributed by atoms with Crippen LogP contribution >= 0.6 is 0 Å². The first-order valence-electron chi connectivity index (χ1n) is 7.42. The molecule has 0 aromatic heterocycles. The van der Waals surface area contributed by atoms with E-state index in [1.54, 1.807) is 11.1 Å². The van der Waals surface area contributed by atoms with Gasteiger partial charge < -0.3 is 5.11 Å². The molecule has 18 heavy (non-hydrogen) atoms. The highest BCUT2D eigenvalue weighted by molar-refractivity contribution is 5.32. The molecular formula is C17H24O. The Labute approximate surface area is 110 Å². The maximum absolute atomic E-state index is 9.79. The van der Waals surface area contributed by atoms with E-state index in [0.29, 0.717) is 5.41 Å². The zero-order chi connectivity index (χ0) is 12.6. The van der Waals surface area contributed by atoms with Crippen LogP contribution in [0.2, 0.25) is 0 Å². The SMILES string of the molecule is CC1(CC2CCCc3ccccc32)CCC(O)C1. The molecule has 0 heterocycles. The molecule has 2 aliphatic rings. The summed E-state index contributed by atoms with van der Waals surface area (Å²) in [7, 11) is 0. The van der Waals surface area contributed by atoms with Crippen molar-refractivity contribution in [2.45, 2.75) is 63.9 Å². The predicted octanol–water partition coefficient (Wildman–Crippen LogP) is 4.05. The second-order valence-corrected chi connectivity index (χ2v) is 6.70. The van der Waals surface area contributed by atoms with Crippen LogP contribution in [0.4, 0.5) is 0 Å².